The summed E-state index contributed by atoms with van der Waals surface area (Å²) in [5.41, 5.74) is 1.13. The highest BCUT2D eigenvalue weighted by molar-refractivity contribution is 5.95. The number of fused-ring (bicyclic) bond motifs is 1. The summed E-state index contributed by atoms with van der Waals surface area (Å²) in [6.45, 7) is 1.65. The maximum absolute atomic E-state index is 12.8. The number of hydrogen-bond donors (Lipinski definition) is 1. The molecule has 2 atom stereocenters. The van der Waals surface area contributed by atoms with Crippen molar-refractivity contribution in [2.45, 2.75) is 31.6 Å². The molecule has 4 rings (SSSR count). The van der Waals surface area contributed by atoms with Crippen molar-refractivity contribution in [1.82, 2.24) is 4.90 Å². The number of carbonyl (C=O) groups is 2. The number of aliphatic carboxylic acids is 1. The highest BCUT2D eigenvalue weighted by Crippen LogP contribution is 2.43. The molecule has 0 radical (unpaired) electrons. The van der Waals surface area contributed by atoms with Crippen molar-refractivity contribution in [2.24, 2.45) is 11.3 Å². The van der Waals surface area contributed by atoms with E-state index in [-0.39, 0.29) is 11.8 Å². The molecule has 1 aliphatic carbocycles. The second kappa shape index (κ2) is 5.88. The standard InChI is InChI=1S/C19H23NO4/c21-17(15-6-4-14(5-7-15)13-2-1-3-13)20-10-16-11-24-9-8-19(16,12-20)18(22)23/h4-7,13,16H,1-3,8-12H2,(H,22,23)/t16-,19+/m0/s1. The number of carbonyl (C=O) groups excluding carboxylic acids is 1. The van der Waals surface area contributed by atoms with E-state index in [1.165, 1.54) is 24.8 Å². The van der Waals surface area contributed by atoms with Crippen LogP contribution in [-0.2, 0) is 9.53 Å². The van der Waals surface area contributed by atoms with Crippen LogP contribution in [-0.4, -0.2) is 48.2 Å². The smallest absolute Gasteiger partial charge is 0.311 e. The highest BCUT2D eigenvalue weighted by Gasteiger charge is 2.54. The molecule has 0 unspecified atom stereocenters. The number of carboxylic acid groups (broad SMARTS) is 1. The molecule has 0 spiro atoms. The van der Waals surface area contributed by atoms with Crippen LogP contribution >= 0.6 is 0 Å². The van der Waals surface area contributed by atoms with Gasteiger partial charge in [0, 0.05) is 31.2 Å². The van der Waals surface area contributed by atoms with E-state index in [2.05, 4.69) is 12.1 Å². The lowest BCUT2D eigenvalue weighted by Gasteiger charge is -2.33. The van der Waals surface area contributed by atoms with Crippen LogP contribution in [0.4, 0.5) is 0 Å². The monoisotopic (exact) mass is 329 g/mol. The predicted octanol–water partition coefficient (Wildman–Crippen LogP) is 2.52. The van der Waals surface area contributed by atoms with E-state index in [1.807, 2.05) is 12.1 Å². The van der Waals surface area contributed by atoms with Gasteiger partial charge in [-0.15, -0.1) is 0 Å². The number of amides is 1. The molecular weight excluding hydrogens is 306 g/mol. The van der Waals surface area contributed by atoms with Crippen molar-refractivity contribution < 1.29 is 19.4 Å². The van der Waals surface area contributed by atoms with Gasteiger partial charge < -0.3 is 14.7 Å². The van der Waals surface area contributed by atoms with E-state index in [9.17, 15) is 14.7 Å². The summed E-state index contributed by atoms with van der Waals surface area (Å²) in [7, 11) is 0. The zero-order chi connectivity index (χ0) is 16.7. The zero-order valence-corrected chi connectivity index (χ0v) is 13.7. The molecule has 3 fully saturated rings. The van der Waals surface area contributed by atoms with Crippen molar-refractivity contribution in [2.75, 3.05) is 26.3 Å². The molecule has 1 amide bonds. The fourth-order valence-corrected chi connectivity index (χ4v) is 4.28. The third kappa shape index (κ3) is 2.42. The van der Waals surface area contributed by atoms with Gasteiger partial charge in [0.05, 0.1) is 12.0 Å². The third-order valence-corrected chi connectivity index (χ3v) is 6.15. The second-order valence-corrected chi connectivity index (χ2v) is 7.42. The number of nitrogens with zero attached hydrogens (tertiary/aromatic N) is 1. The van der Waals surface area contributed by atoms with Gasteiger partial charge in [-0.25, -0.2) is 0 Å². The Hall–Kier alpha value is -1.88. The van der Waals surface area contributed by atoms with Crippen LogP contribution in [0.2, 0.25) is 0 Å². The fourth-order valence-electron chi connectivity index (χ4n) is 4.28. The summed E-state index contributed by atoms with van der Waals surface area (Å²) in [4.78, 5) is 26.3. The molecule has 0 aromatic heterocycles. The van der Waals surface area contributed by atoms with Crippen LogP contribution < -0.4 is 0 Å². The first-order chi connectivity index (χ1) is 11.6. The number of likely N-dealkylation sites (tertiary alicyclic amines) is 1. The number of ether oxygens (including phenoxy) is 1. The van der Waals surface area contributed by atoms with Gasteiger partial charge >= 0.3 is 5.97 Å². The Morgan fingerprint density at radius 1 is 1.21 bits per heavy atom. The first-order valence-corrected chi connectivity index (χ1v) is 8.80. The van der Waals surface area contributed by atoms with Gasteiger partial charge in [0.15, 0.2) is 0 Å². The van der Waals surface area contributed by atoms with Crippen LogP contribution in [0.25, 0.3) is 0 Å². The zero-order valence-electron chi connectivity index (χ0n) is 13.7. The first kappa shape index (κ1) is 15.6. The van der Waals surface area contributed by atoms with Gasteiger partial charge in [-0.2, -0.15) is 0 Å². The SMILES string of the molecule is O=C(c1ccc(C2CCC2)cc1)N1C[C@H]2COCC[C@@]2(C(=O)O)C1. The number of benzene rings is 1. The topological polar surface area (TPSA) is 66.8 Å². The molecule has 5 nitrogen and oxygen atoms in total. The minimum atomic E-state index is -0.834. The van der Waals surface area contributed by atoms with Crippen LogP contribution in [0.1, 0.15) is 47.5 Å². The van der Waals surface area contributed by atoms with Crippen LogP contribution in [0.15, 0.2) is 24.3 Å². The van der Waals surface area contributed by atoms with Crippen molar-refractivity contribution in [3.05, 3.63) is 35.4 Å². The fraction of sp³-hybridized carbons (Fsp3) is 0.579. The molecule has 2 heterocycles. The Balaban J connectivity index is 1.51. The van der Waals surface area contributed by atoms with Gasteiger partial charge in [0.25, 0.3) is 5.91 Å². The second-order valence-electron chi connectivity index (χ2n) is 7.42. The molecule has 5 heteroatoms. The van der Waals surface area contributed by atoms with E-state index in [1.54, 1.807) is 4.90 Å². The Kier molecular flexibility index (Phi) is 3.83. The van der Waals surface area contributed by atoms with Crippen molar-refractivity contribution >= 4 is 11.9 Å². The summed E-state index contributed by atoms with van der Waals surface area (Å²) in [5, 5.41) is 9.71. The Labute approximate surface area is 141 Å². The summed E-state index contributed by atoms with van der Waals surface area (Å²) >= 11 is 0. The van der Waals surface area contributed by atoms with Crippen LogP contribution in [0.5, 0.6) is 0 Å². The van der Waals surface area contributed by atoms with Crippen molar-refractivity contribution in [1.29, 1.82) is 0 Å². The minimum absolute atomic E-state index is 0.0646. The first-order valence-electron chi connectivity index (χ1n) is 8.80. The van der Waals surface area contributed by atoms with Gasteiger partial charge in [-0.3, -0.25) is 9.59 Å². The molecule has 1 aromatic rings. The van der Waals surface area contributed by atoms with E-state index in [0.717, 1.165) is 0 Å². The Morgan fingerprint density at radius 3 is 2.54 bits per heavy atom. The van der Waals surface area contributed by atoms with E-state index < -0.39 is 11.4 Å². The molecule has 2 saturated heterocycles. The van der Waals surface area contributed by atoms with Gasteiger partial charge in [-0.1, -0.05) is 18.6 Å². The van der Waals surface area contributed by atoms with Crippen LogP contribution in [0, 0.1) is 11.3 Å². The molecule has 2 aliphatic heterocycles. The van der Waals surface area contributed by atoms with E-state index in [4.69, 9.17) is 4.74 Å². The van der Waals surface area contributed by atoms with E-state index >= 15 is 0 Å². The Bertz CT molecular complexity index is 652. The summed E-state index contributed by atoms with van der Waals surface area (Å²) in [6.07, 6.45) is 4.25. The number of carboxylic acids is 1. The van der Waals surface area contributed by atoms with Gasteiger partial charge in [0.2, 0.25) is 0 Å². The van der Waals surface area contributed by atoms with E-state index in [0.29, 0.717) is 44.2 Å². The summed E-state index contributed by atoms with van der Waals surface area (Å²) < 4.78 is 5.45. The highest BCUT2D eigenvalue weighted by atomic mass is 16.5. The third-order valence-electron chi connectivity index (χ3n) is 6.15. The minimum Gasteiger partial charge on any atom is -0.481 e. The number of rotatable bonds is 3. The molecular formula is C19H23NO4. The lowest BCUT2D eigenvalue weighted by molar-refractivity contribution is -0.157. The Morgan fingerprint density at radius 2 is 1.96 bits per heavy atom. The maximum atomic E-state index is 12.8. The molecule has 0 bridgehead atoms. The van der Waals surface area contributed by atoms with Crippen LogP contribution in [0.3, 0.4) is 0 Å². The molecule has 3 aliphatic rings. The molecule has 1 N–H and O–H groups in total. The van der Waals surface area contributed by atoms with Gasteiger partial charge in [-0.05, 0) is 42.9 Å². The van der Waals surface area contributed by atoms with Crippen molar-refractivity contribution in [3.63, 3.8) is 0 Å². The molecule has 128 valence electrons. The normalized spacial score (nSPS) is 29.8. The quantitative estimate of drug-likeness (QED) is 0.925. The predicted molar refractivity (Wildman–Crippen MR) is 87.9 cm³/mol. The summed E-state index contributed by atoms with van der Waals surface area (Å²) in [6, 6.07) is 7.89. The largest absolute Gasteiger partial charge is 0.481 e. The van der Waals surface area contributed by atoms with Gasteiger partial charge in [0.1, 0.15) is 0 Å². The molecule has 24 heavy (non-hydrogen) atoms. The lowest BCUT2D eigenvalue weighted by atomic mass is 9.74. The van der Waals surface area contributed by atoms with Crippen molar-refractivity contribution in [3.8, 4) is 0 Å². The lowest BCUT2D eigenvalue weighted by Crippen LogP contribution is -2.45. The summed E-state index contributed by atoms with van der Waals surface area (Å²) in [5.74, 6) is -0.324. The molecule has 1 aromatic carbocycles. The average molecular weight is 329 g/mol. The average Bonchev–Trinajstić information content (AvgIpc) is 2.94. The number of hydrogen-bond acceptors (Lipinski definition) is 3. The molecule has 1 saturated carbocycles. The maximum Gasteiger partial charge on any atom is 0.311 e.